The van der Waals surface area contributed by atoms with Gasteiger partial charge >= 0.3 is 0 Å². The number of benzene rings is 1. The van der Waals surface area contributed by atoms with Crippen LogP contribution >= 0.6 is 0 Å². The van der Waals surface area contributed by atoms with E-state index in [-0.39, 0.29) is 0 Å². The average molecular weight is 191 g/mol. The van der Waals surface area contributed by atoms with Crippen LogP contribution in [0.3, 0.4) is 0 Å². The monoisotopic (exact) mass is 191 g/mol. The molecule has 0 aromatic heterocycles. The maximum Gasteiger partial charge on any atom is 0.0619 e. The van der Waals surface area contributed by atoms with Crippen molar-refractivity contribution in [3.63, 3.8) is 0 Å². The van der Waals surface area contributed by atoms with Gasteiger partial charge in [-0.15, -0.1) is 0 Å². The molecule has 2 heteroatoms. The molecule has 1 aromatic rings. The Morgan fingerprint density at radius 1 is 1.29 bits per heavy atom. The minimum Gasteiger partial charge on any atom is -0.380 e. The molecule has 0 spiro atoms. The van der Waals surface area contributed by atoms with Crippen LogP contribution in [0, 0.1) is 0 Å². The molecule has 0 saturated carbocycles. The summed E-state index contributed by atoms with van der Waals surface area (Å²) in [5, 5.41) is 3.51. The van der Waals surface area contributed by atoms with E-state index in [1.165, 1.54) is 18.4 Å². The topological polar surface area (TPSA) is 21.3 Å². The Hall–Kier alpha value is -0.860. The first kappa shape index (κ1) is 9.69. The molecule has 1 fully saturated rings. The standard InChI is InChI=1S/C12H17NO/c1-2-5-11(6-3-1)9-13-12-7-4-8-14-10-12/h1-3,5-6,12-13H,4,7-10H2/t12-/m0/s1. The molecule has 1 atom stereocenters. The van der Waals surface area contributed by atoms with E-state index in [9.17, 15) is 0 Å². The second-order valence-electron chi connectivity index (χ2n) is 3.78. The fraction of sp³-hybridized carbons (Fsp3) is 0.500. The van der Waals surface area contributed by atoms with Crippen LogP contribution < -0.4 is 5.32 Å². The van der Waals surface area contributed by atoms with Crippen LogP contribution in [0.15, 0.2) is 30.3 Å². The van der Waals surface area contributed by atoms with Crippen LogP contribution in [-0.2, 0) is 11.3 Å². The van der Waals surface area contributed by atoms with Gasteiger partial charge in [0.05, 0.1) is 6.61 Å². The van der Waals surface area contributed by atoms with Crippen molar-refractivity contribution >= 4 is 0 Å². The Morgan fingerprint density at radius 3 is 2.86 bits per heavy atom. The lowest BCUT2D eigenvalue weighted by atomic mass is 10.1. The van der Waals surface area contributed by atoms with Gasteiger partial charge in [-0.25, -0.2) is 0 Å². The number of rotatable bonds is 3. The fourth-order valence-corrected chi connectivity index (χ4v) is 1.76. The summed E-state index contributed by atoms with van der Waals surface area (Å²) in [6.45, 7) is 2.76. The zero-order valence-corrected chi connectivity index (χ0v) is 8.41. The quantitative estimate of drug-likeness (QED) is 0.788. The van der Waals surface area contributed by atoms with Crippen LogP contribution in [0.25, 0.3) is 0 Å². The average Bonchev–Trinajstić information content (AvgIpc) is 2.29. The molecule has 14 heavy (non-hydrogen) atoms. The van der Waals surface area contributed by atoms with Crippen molar-refractivity contribution < 1.29 is 4.74 Å². The molecule has 1 N–H and O–H groups in total. The number of hydrogen-bond acceptors (Lipinski definition) is 2. The van der Waals surface area contributed by atoms with E-state index in [1.54, 1.807) is 0 Å². The summed E-state index contributed by atoms with van der Waals surface area (Å²) in [7, 11) is 0. The van der Waals surface area contributed by atoms with E-state index >= 15 is 0 Å². The van der Waals surface area contributed by atoms with E-state index in [2.05, 4.69) is 29.6 Å². The molecule has 0 amide bonds. The largest absolute Gasteiger partial charge is 0.380 e. The van der Waals surface area contributed by atoms with Gasteiger partial charge in [0.2, 0.25) is 0 Å². The summed E-state index contributed by atoms with van der Waals surface area (Å²) >= 11 is 0. The zero-order chi connectivity index (χ0) is 9.64. The van der Waals surface area contributed by atoms with Gasteiger partial charge in [-0.1, -0.05) is 30.3 Å². The van der Waals surface area contributed by atoms with Gasteiger partial charge < -0.3 is 10.1 Å². The summed E-state index contributed by atoms with van der Waals surface area (Å²) in [4.78, 5) is 0. The molecule has 1 aliphatic rings. The van der Waals surface area contributed by atoms with E-state index in [0.717, 1.165) is 19.8 Å². The molecule has 1 saturated heterocycles. The maximum atomic E-state index is 5.41. The number of ether oxygens (including phenoxy) is 1. The van der Waals surface area contributed by atoms with E-state index in [1.807, 2.05) is 6.07 Å². The summed E-state index contributed by atoms with van der Waals surface area (Å²) in [6, 6.07) is 11.0. The lowest BCUT2D eigenvalue weighted by Gasteiger charge is -2.23. The number of hydrogen-bond donors (Lipinski definition) is 1. The first-order valence-corrected chi connectivity index (χ1v) is 5.30. The van der Waals surface area contributed by atoms with Gasteiger partial charge in [-0.05, 0) is 18.4 Å². The van der Waals surface area contributed by atoms with Crippen LogP contribution in [-0.4, -0.2) is 19.3 Å². The predicted molar refractivity (Wildman–Crippen MR) is 57.1 cm³/mol. The first-order chi connectivity index (χ1) is 6.95. The Bertz CT molecular complexity index is 254. The molecule has 76 valence electrons. The summed E-state index contributed by atoms with van der Waals surface area (Å²) in [5.41, 5.74) is 1.35. The molecule has 0 unspecified atom stereocenters. The van der Waals surface area contributed by atoms with Crippen molar-refractivity contribution in [2.24, 2.45) is 0 Å². The highest BCUT2D eigenvalue weighted by molar-refractivity contribution is 5.14. The Labute approximate surface area is 85.3 Å². The van der Waals surface area contributed by atoms with Gasteiger partial charge in [-0.2, -0.15) is 0 Å². The molecule has 0 radical (unpaired) electrons. The molecule has 2 nitrogen and oxygen atoms in total. The Kier molecular flexibility index (Phi) is 3.55. The third-order valence-electron chi connectivity index (χ3n) is 2.60. The summed E-state index contributed by atoms with van der Waals surface area (Å²) < 4.78 is 5.41. The third kappa shape index (κ3) is 2.82. The molecule has 0 aliphatic carbocycles. The summed E-state index contributed by atoms with van der Waals surface area (Å²) in [6.07, 6.45) is 2.43. The molecular weight excluding hydrogens is 174 g/mol. The first-order valence-electron chi connectivity index (χ1n) is 5.30. The van der Waals surface area contributed by atoms with Crippen molar-refractivity contribution in [1.29, 1.82) is 0 Å². The van der Waals surface area contributed by atoms with E-state index in [4.69, 9.17) is 4.74 Å². The van der Waals surface area contributed by atoms with Gasteiger partial charge in [0.25, 0.3) is 0 Å². The third-order valence-corrected chi connectivity index (χ3v) is 2.60. The van der Waals surface area contributed by atoms with Crippen molar-refractivity contribution in [2.45, 2.75) is 25.4 Å². The second kappa shape index (κ2) is 5.13. The van der Waals surface area contributed by atoms with Gasteiger partial charge in [0.1, 0.15) is 0 Å². The Morgan fingerprint density at radius 2 is 2.14 bits per heavy atom. The van der Waals surface area contributed by atoms with Gasteiger partial charge in [-0.3, -0.25) is 0 Å². The molecule has 1 aromatic carbocycles. The van der Waals surface area contributed by atoms with Crippen molar-refractivity contribution in [3.05, 3.63) is 35.9 Å². The summed E-state index contributed by atoms with van der Waals surface area (Å²) in [5.74, 6) is 0. The smallest absolute Gasteiger partial charge is 0.0619 e. The molecule has 1 heterocycles. The van der Waals surface area contributed by atoms with Crippen molar-refractivity contribution in [3.8, 4) is 0 Å². The molecular formula is C12H17NO. The van der Waals surface area contributed by atoms with Gasteiger partial charge in [0, 0.05) is 19.2 Å². The molecule has 2 rings (SSSR count). The highest BCUT2D eigenvalue weighted by atomic mass is 16.5. The predicted octanol–water partition coefficient (Wildman–Crippen LogP) is 1.96. The lowest BCUT2D eigenvalue weighted by molar-refractivity contribution is 0.0699. The van der Waals surface area contributed by atoms with Crippen LogP contribution in [0.1, 0.15) is 18.4 Å². The molecule has 1 aliphatic heterocycles. The van der Waals surface area contributed by atoms with E-state index in [0.29, 0.717) is 6.04 Å². The highest BCUT2D eigenvalue weighted by Gasteiger charge is 2.12. The van der Waals surface area contributed by atoms with Crippen molar-refractivity contribution in [1.82, 2.24) is 5.32 Å². The lowest BCUT2D eigenvalue weighted by Crippen LogP contribution is -2.36. The van der Waals surface area contributed by atoms with Crippen LogP contribution in [0.2, 0.25) is 0 Å². The molecule has 0 bridgehead atoms. The highest BCUT2D eigenvalue weighted by Crippen LogP contribution is 2.07. The SMILES string of the molecule is c1ccc(CN[C@H]2CCCOC2)cc1. The normalized spacial score (nSPS) is 22.1. The van der Waals surface area contributed by atoms with E-state index < -0.39 is 0 Å². The van der Waals surface area contributed by atoms with Crippen LogP contribution in [0.5, 0.6) is 0 Å². The van der Waals surface area contributed by atoms with Crippen LogP contribution in [0.4, 0.5) is 0 Å². The minimum atomic E-state index is 0.545. The minimum absolute atomic E-state index is 0.545. The van der Waals surface area contributed by atoms with Gasteiger partial charge in [0.15, 0.2) is 0 Å². The second-order valence-corrected chi connectivity index (χ2v) is 3.78. The van der Waals surface area contributed by atoms with Crippen molar-refractivity contribution in [2.75, 3.05) is 13.2 Å². The zero-order valence-electron chi connectivity index (χ0n) is 8.41. The number of nitrogens with one attached hydrogen (secondary N) is 1. The Balaban J connectivity index is 1.76. The maximum absolute atomic E-state index is 5.41. The fourth-order valence-electron chi connectivity index (χ4n) is 1.76.